The van der Waals surface area contributed by atoms with Gasteiger partial charge in [0.1, 0.15) is 0 Å². The third-order valence-corrected chi connectivity index (χ3v) is 4.17. The summed E-state index contributed by atoms with van der Waals surface area (Å²) in [6, 6.07) is 5.53. The minimum atomic E-state index is -0.221. The Hall–Kier alpha value is -2.50. The highest BCUT2D eigenvalue weighted by atomic mass is 16.7. The van der Waals surface area contributed by atoms with Gasteiger partial charge in [-0.2, -0.15) is 0 Å². The fourth-order valence-electron chi connectivity index (χ4n) is 2.92. The third kappa shape index (κ3) is 3.69. The number of piperidine rings is 1. The van der Waals surface area contributed by atoms with E-state index in [1.807, 2.05) is 18.2 Å². The van der Waals surface area contributed by atoms with Crippen LogP contribution in [0.15, 0.2) is 24.3 Å². The lowest BCUT2D eigenvalue weighted by Crippen LogP contribution is -2.42. The number of carbonyl (C=O) groups excluding carboxylic acids is 2. The Morgan fingerprint density at radius 2 is 2.17 bits per heavy atom. The van der Waals surface area contributed by atoms with Crippen LogP contribution < -0.4 is 9.47 Å². The van der Waals surface area contributed by atoms with Crippen LogP contribution in [0.3, 0.4) is 0 Å². The van der Waals surface area contributed by atoms with E-state index in [4.69, 9.17) is 14.2 Å². The van der Waals surface area contributed by atoms with Gasteiger partial charge in [0.25, 0.3) is 0 Å². The summed E-state index contributed by atoms with van der Waals surface area (Å²) in [5.74, 6) is 0.870. The predicted molar refractivity (Wildman–Crippen MR) is 87.5 cm³/mol. The molecule has 0 N–H and O–H groups in total. The number of esters is 1. The van der Waals surface area contributed by atoms with Crippen molar-refractivity contribution in [1.82, 2.24) is 4.90 Å². The molecule has 0 aliphatic carbocycles. The van der Waals surface area contributed by atoms with Crippen molar-refractivity contribution < 1.29 is 23.8 Å². The number of nitrogens with zero attached hydrogens (tertiary/aromatic N) is 1. The van der Waals surface area contributed by atoms with Crippen molar-refractivity contribution in [2.75, 3.05) is 26.5 Å². The summed E-state index contributed by atoms with van der Waals surface area (Å²) >= 11 is 0. The van der Waals surface area contributed by atoms with Crippen molar-refractivity contribution in [3.05, 3.63) is 29.8 Å². The molecule has 24 heavy (non-hydrogen) atoms. The van der Waals surface area contributed by atoms with Crippen molar-refractivity contribution >= 4 is 18.0 Å². The first-order valence-electron chi connectivity index (χ1n) is 8.20. The van der Waals surface area contributed by atoms with Crippen LogP contribution in [0.5, 0.6) is 11.5 Å². The second-order valence-electron chi connectivity index (χ2n) is 5.82. The van der Waals surface area contributed by atoms with E-state index in [1.165, 1.54) is 6.08 Å². The molecular formula is C18H21NO5. The van der Waals surface area contributed by atoms with E-state index in [-0.39, 0.29) is 24.6 Å². The van der Waals surface area contributed by atoms with E-state index in [0.29, 0.717) is 31.2 Å². The summed E-state index contributed by atoms with van der Waals surface area (Å²) in [6.07, 6.45) is 4.87. The Labute approximate surface area is 141 Å². The fraction of sp³-hybridized carbons (Fsp3) is 0.444. The van der Waals surface area contributed by atoms with Crippen LogP contribution in [0.25, 0.3) is 6.08 Å². The molecule has 128 valence electrons. The quantitative estimate of drug-likeness (QED) is 0.625. The standard InChI is InChI=1S/C18H21NO5/c1-2-22-18(21)14-4-3-9-19(11-14)17(20)8-6-13-5-7-15-16(10-13)24-12-23-15/h5-8,10,14H,2-4,9,11-12H2,1H3/b8-6-/t14-/m0/s1. The molecule has 0 radical (unpaired) electrons. The smallest absolute Gasteiger partial charge is 0.310 e. The second kappa shape index (κ2) is 7.38. The zero-order chi connectivity index (χ0) is 16.9. The van der Waals surface area contributed by atoms with E-state index >= 15 is 0 Å². The molecule has 1 amide bonds. The van der Waals surface area contributed by atoms with E-state index in [0.717, 1.165) is 18.4 Å². The average molecular weight is 331 g/mol. The molecule has 1 aromatic rings. The van der Waals surface area contributed by atoms with Crippen molar-refractivity contribution in [3.63, 3.8) is 0 Å². The van der Waals surface area contributed by atoms with E-state index in [1.54, 1.807) is 17.9 Å². The number of ether oxygens (including phenoxy) is 3. The van der Waals surface area contributed by atoms with Crippen LogP contribution in [-0.2, 0) is 14.3 Å². The number of hydrogen-bond acceptors (Lipinski definition) is 5. The van der Waals surface area contributed by atoms with Gasteiger partial charge >= 0.3 is 5.97 Å². The summed E-state index contributed by atoms with van der Waals surface area (Å²) in [7, 11) is 0. The van der Waals surface area contributed by atoms with Crippen LogP contribution >= 0.6 is 0 Å². The number of rotatable bonds is 4. The van der Waals surface area contributed by atoms with E-state index < -0.39 is 0 Å². The van der Waals surface area contributed by atoms with Crippen LogP contribution in [0.1, 0.15) is 25.3 Å². The lowest BCUT2D eigenvalue weighted by atomic mass is 9.98. The highest BCUT2D eigenvalue weighted by Gasteiger charge is 2.28. The van der Waals surface area contributed by atoms with Crippen LogP contribution in [-0.4, -0.2) is 43.3 Å². The molecule has 0 spiro atoms. The van der Waals surface area contributed by atoms with Crippen molar-refractivity contribution in [3.8, 4) is 11.5 Å². The number of hydrogen-bond donors (Lipinski definition) is 0. The van der Waals surface area contributed by atoms with Crippen LogP contribution in [0.4, 0.5) is 0 Å². The van der Waals surface area contributed by atoms with Crippen molar-refractivity contribution in [2.45, 2.75) is 19.8 Å². The Bertz CT molecular complexity index is 655. The molecule has 0 aromatic heterocycles. The minimum absolute atomic E-state index is 0.0957. The maximum atomic E-state index is 12.4. The summed E-state index contributed by atoms with van der Waals surface area (Å²) in [5.41, 5.74) is 0.867. The molecule has 2 aliphatic heterocycles. The zero-order valence-electron chi connectivity index (χ0n) is 13.7. The monoisotopic (exact) mass is 331 g/mol. The fourth-order valence-corrected chi connectivity index (χ4v) is 2.92. The molecule has 0 unspecified atom stereocenters. The van der Waals surface area contributed by atoms with Crippen LogP contribution in [0, 0.1) is 5.92 Å². The van der Waals surface area contributed by atoms with Gasteiger partial charge in [0, 0.05) is 19.2 Å². The van der Waals surface area contributed by atoms with E-state index in [9.17, 15) is 9.59 Å². The first kappa shape index (κ1) is 16.4. The largest absolute Gasteiger partial charge is 0.466 e. The molecule has 2 heterocycles. The highest BCUT2D eigenvalue weighted by Crippen LogP contribution is 2.32. The summed E-state index contributed by atoms with van der Waals surface area (Å²) < 4.78 is 15.6. The molecule has 6 heteroatoms. The van der Waals surface area contributed by atoms with E-state index in [2.05, 4.69) is 0 Å². The first-order valence-corrected chi connectivity index (χ1v) is 8.20. The van der Waals surface area contributed by atoms with Crippen molar-refractivity contribution in [1.29, 1.82) is 0 Å². The van der Waals surface area contributed by atoms with Gasteiger partial charge in [-0.05, 0) is 43.5 Å². The van der Waals surface area contributed by atoms with Crippen LogP contribution in [0.2, 0.25) is 0 Å². The van der Waals surface area contributed by atoms with Gasteiger partial charge in [0.15, 0.2) is 11.5 Å². The molecule has 0 bridgehead atoms. The number of benzene rings is 1. The summed E-state index contributed by atoms with van der Waals surface area (Å²) in [5, 5.41) is 0. The normalized spacial score (nSPS) is 19.5. The molecule has 0 saturated carbocycles. The maximum absolute atomic E-state index is 12.4. The molecule has 1 saturated heterocycles. The number of amides is 1. The summed E-state index contributed by atoms with van der Waals surface area (Å²) in [6.45, 7) is 3.47. The van der Waals surface area contributed by atoms with Gasteiger partial charge in [-0.3, -0.25) is 9.59 Å². The molecule has 3 rings (SSSR count). The van der Waals surface area contributed by atoms with Gasteiger partial charge < -0.3 is 19.1 Å². The number of likely N-dealkylation sites (tertiary alicyclic amines) is 1. The SMILES string of the molecule is CCOC(=O)[C@H]1CCCN(C(=O)/C=C\c2ccc3c(c2)OCO3)C1. The lowest BCUT2D eigenvalue weighted by molar-refractivity contribution is -0.150. The van der Waals surface area contributed by atoms with Gasteiger partial charge in [-0.25, -0.2) is 0 Å². The zero-order valence-corrected chi connectivity index (χ0v) is 13.7. The maximum Gasteiger partial charge on any atom is 0.310 e. The number of carbonyl (C=O) groups is 2. The van der Waals surface area contributed by atoms with Gasteiger partial charge in [-0.15, -0.1) is 0 Å². The molecule has 1 aromatic carbocycles. The first-order chi connectivity index (χ1) is 11.7. The number of fused-ring (bicyclic) bond motifs is 1. The van der Waals surface area contributed by atoms with Gasteiger partial charge in [-0.1, -0.05) is 6.07 Å². The molecular weight excluding hydrogens is 310 g/mol. The van der Waals surface area contributed by atoms with Gasteiger partial charge in [0.2, 0.25) is 12.7 Å². The lowest BCUT2D eigenvalue weighted by Gasteiger charge is -2.30. The second-order valence-corrected chi connectivity index (χ2v) is 5.82. The Balaban J connectivity index is 1.60. The molecule has 2 aliphatic rings. The molecule has 1 atom stereocenters. The Morgan fingerprint density at radius 1 is 1.33 bits per heavy atom. The predicted octanol–water partition coefficient (Wildman–Crippen LogP) is 2.23. The molecule has 6 nitrogen and oxygen atoms in total. The Morgan fingerprint density at radius 3 is 3.00 bits per heavy atom. The highest BCUT2D eigenvalue weighted by molar-refractivity contribution is 5.92. The average Bonchev–Trinajstić information content (AvgIpc) is 3.07. The van der Waals surface area contributed by atoms with Crippen molar-refractivity contribution in [2.24, 2.45) is 5.92 Å². The topological polar surface area (TPSA) is 65.1 Å². The van der Waals surface area contributed by atoms with Gasteiger partial charge in [0.05, 0.1) is 12.5 Å². The molecule has 1 fully saturated rings. The summed E-state index contributed by atoms with van der Waals surface area (Å²) in [4.78, 5) is 25.9. The Kier molecular flexibility index (Phi) is 5.03. The third-order valence-electron chi connectivity index (χ3n) is 4.17. The minimum Gasteiger partial charge on any atom is -0.466 e.